The second-order valence-corrected chi connectivity index (χ2v) is 8.20. The Bertz CT molecular complexity index is 900. The van der Waals surface area contributed by atoms with Gasteiger partial charge in [0.25, 0.3) is 0 Å². The molecule has 26 heavy (non-hydrogen) atoms. The van der Waals surface area contributed by atoms with Gasteiger partial charge in [-0.2, -0.15) is 0 Å². The zero-order valence-electron chi connectivity index (χ0n) is 14.2. The Morgan fingerprint density at radius 3 is 2.54 bits per heavy atom. The van der Waals surface area contributed by atoms with Crippen LogP contribution in [0.15, 0.2) is 53.4 Å². The minimum absolute atomic E-state index is 0.0305. The largest absolute Gasteiger partial charge is 0.497 e. The highest BCUT2D eigenvalue weighted by atomic mass is 35.5. The predicted octanol–water partition coefficient (Wildman–Crippen LogP) is 2.68. The van der Waals surface area contributed by atoms with E-state index in [9.17, 15) is 13.2 Å². The highest BCUT2D eigenvalue weighted by Crippen LogP contribution is 2.27. The molecule has 1 unspecified atom stereocenters. The zero-order chi connectivity index (χ0) is 18.7. The number of anilines is 1. The number of nitrogens with one attached hydrogen (secondary N) is 1. The number of carbonyl (C=O) groups excluding carboxylic acids is 1. The number of carbonyl (C=O) groups is 1. The molecule has 0 saturated carbocycles. The van der Waals surface area contributed by atoms with Crippen molar-refractivity contribution in [3.8, 4) is 5.75 Å². The van der Waals surface area contributed by atoms with Crippen molar-refractivity contribution in [3.05, 3.63) is 53.6 Å². The van der Waals surface area contributed by atoms with Gasteiger partial charge in [-0.1, -0.05) is 23.7 Å². The Hall–Kier alpha value is -2.09. The van der Waals surface area contributed by atoms with Gasteiger partial charge in [0.05, 0.1) is 12.1 Å². The summed E-state index contributed by atoms with van der Waals surface area (Å²) in [6.45, 7) is 0.627. The van der Waals surface area contributed by atoms with Gasteiger partial charge in [-0.15, -0.1) is 0 Å². The summed E-state index contributed by atoms with van der Waals surface area (Å²) in [6, 6.07) is 13.5. The molecule has 2 aromatic rings. The highest BCUT2D eigenvalue weighted by Gasteiger charge is 2.31. The topological polar surface area (TPSA) is 75.7 Å². The lowest BCUT2D eigenvalue weighted by Crippen LogP contribution is -2.31. The molecule has 0 aliphatic carbocycles. The Kier molecular flexibility index (Phi) is 5.50. The summed E-state index contributed by atoms with van der Waals surface area (Å²) in [5.74, 6) is 0.573. The van der Waals surface area contributed by atoms with Gasteiger partial charge in [0.15, 0.2) is 0 Å². The summed E-state index contributed by atoms with van der Waals surface area (Å²) in [5, 5.41) is 0.169. The molecule has 1 amide bonds. The molecule has 1 heterocycles. The summed E-state index contributed by atoms with van der Waals surface area (Å²) in [6.07, 6.45) is 0.289. The van der Waals surface area contributed by atoms with E-state index in [2.05, 4.69) is 4.72 Å². The zero-order valence-corrected chi connectivity index (χ0v) is 15.8. The smallest absolute Gasteiger partial charge is 0.242 e. The summed E-state index contributed by atoms with van der Waals surface area (Å²) in [4.78, 5) is 14.0. The molecule has 1 atom stereocenters. The Morgan fingerprint density at radius 2 is 1.88 bits per heavy atom. The van der Waals surface area contributed by atoms with Gasteiger partial charge in [-0.3, -0.25) is 4.79 Å². The Balaban J connectivity index is 1.65. The van der Waals surface area contributed by atoms with Crippen molar-refractivity contribution in [2.24, 2.45) is 5.92 Å². The molecule has 0 radical (unpaired) electrons. The van der Waals surface area contributed by atoms with Crippen LogP contribution in [0.25, 0.3) is 0 Å². The van der Waals surface area contributed by atoms with Gasteiger partial charge >= 0.3 is 0 Å². The first-order chi connectivity index (χ1) is 12.4. The Labute approximate surface area is 157 Å². The number of methoxy groups -OCH3 is 1. The molecule has 1 aliphatic rings. The first-order valence-electron chi connectivity index (χ1n) is 8.09. The predicted molar refractivity (Wildman–Crippen MR) is 100 cm³/mol. The number of hydrogen-bond acceptors (Lipinski definition) is 4. The molecule has 1 N–H and O–H groups in total. The van der Waals surface area contributed by atoms with Crippen molar-refractivity contribution >= 4 is 33.2 Å². The lowest BCUT2D eigenvalue weighted by Gasteiger charge is -2.17. The van der Waals surface area contributed by atoms with Crippen LogP contribution in [0, 0.1) is 5.92 Å². The molecule has 1 saturated heterocycles. The molecule has 0 bridgehead atoms. The fourth-order valence-electron chi connectivity index (χ4n) is 2.90. The van der Waals surface area contributed by atoms with E-state index in [-0.39, 0.29) is 34.7 Å². The summed E-state index contributed by atoms with van der Waals surface area (Å²) in [5.41, 5.74) is 0.771. The third kappa shape index (κ3) is 4.00. The highest BCUT2D eigenvalue weighted by molar-refractivity contribution is 7.89. The molecular formula is C18H19ClN2O4S. The molecule has 6 nitrogen and oxygen atoms in total. The van der Waals surface area contributed by atoms with Crippen LogP contribution in [0.5, 0.6) is 5.75 Å². The normalized spacial score (nSPS) is 17.5. The fraction of sp³-hybridized carbons (Fsp3) is 0.278. The van der Waals surface area contributed by atoms with Gasteiger partial charge in [0.1, 0.15) is 10.6 Å². The minimum Gasteiger partial charge on any atom is -0.497 e. The van der Waals surface area contributed by atoms with E-state index in [1.165, 1.54) is 12.1 Å². The van der Waals surface area contributed by atoms with E-state index >= 15 is 0 Å². The van der Waals surface area contributed by atoms with Crippen molar-refractivity contribution in [3.63, 3.8) is 0 Å². The quantitative estimate of drug-likeness (QED) is 0.817. The van der Waals surface area contributed by atoms with Crippen LogP contribution in [0.3, 0.4) is 0 Å². The maximum Gasteiger partial charge on any atom is 0.242 e. The maximum atomic E-state index is 12.4. The van der Waals surface area contributed by atoms with E-state index < -0.39 is 10.0 Å². The van der Waals surface area contributed by atoms with Gasteiger partial charge in [0.2, 0.25) is 15.9 Å². The molecule has 8 heteroatoms. The maximum absolute atomic E-state index is 12.4. The summed E-state index contributed by atoms with van der Waals surface area (Å²) < 4.78 is 32.5. The number of sulfonamides is 1. The second-order valence-electron chi connectivity index (χ2n) is 6.05. The number of nitrogens with zero attached hydrogens (tertiary/aromatic N) is 1. The number of hydrogen-bond donors (Lipinski definition) is 1. The van der Waals surface area contributed by atoms with Crippen LogP contribution in [-0.2, 0) is 14.8 Å². The average Bonchev–Trinajstić information content (AvgIpc) is 3.01. The van der Waals surface area contributed by atoms with Crippen LogP contribution in [0.4, 0.5) is 5.69 Å². The van der Waals surface area contributed by atoms with Crippen LogP contribution in [0.1, 0.15) is 6.42 Å². The molecule has 1 aliphatic heterocycles. The standard InChI is InChI=1S/C18H19ClN2O4S/c1-25-15-8-6-14(7-9-15)21-12-13(10-18(21)22)11-20-26(23,24)17-5-3-2-4-16(17)19/h2-9,13,20H,10-12H2,1H3. The molecule has 2 aromatic carbocycles. The van der Waals surface area contributed by atoms with Crippen molar-refractivity contribution in [1.29, 1.82) is 0 Å². The average molecular weight is 395 g/mol. The van der Waals surface area contributed by atoms with Crippen LogP contribution >= 0.6 is 11.6 Å². The summed E-state index contributed by atoms with van der Waals surface area (Å²) in [7, 11) is -2.13. The van der Waals surface area contributed by atoms with E-state index in [1.807, 2.05) is 12.1 Å². The number of amides is 1. The van der Waals surface area contributed by atoms with Crippen LogP contribution in [0.2, 0.25) is 5.02 Å². The monoisotopic (exact) mass is 394 g/mol. The SMILES string of the molecule is COc1ccc(N2CC(CNS(=O)(=O)c3ccccc3Cl)CC2=O)cc1. The molecule has 3 rings (SSSR count). The Morgan fingerprint density at radius 1 is 1.19 bits per heavy atom. The summed E-state index contributed by atoms with van der Waals surface area (Å²) >= 11 is 5.96. The number of ether oxygens (including phenoxy) is 1. The fourth-order valence-corrected chi connectivity index (χ4v) is 4.53. The van der Waals surface area contributed by atoms with Crippen molar-refractivity contribution in [2.75, 3.05) is 25.1 Å². The molecule has 1 fully saturated rings. The van der Waals surface area contributed by atoms with E-state index in [0.717, 1.165) is 5.69 Å². The van der Waals surface area contributed by atoms with Crippen molar-refractivity contribution in [2.45, 2.75) is 11.3 Å². The molecular weight excluding hydrogens is 376 g/mol. The molecule has 0 aromatic heterocycles. The number of rotatable bonds is 6. The van der Waals surface area contributed by atoms with E-state index in [1.54, 1.807) is 36.3 Å². The number of benzene rings is 2. The first-order valence-corrected chi connectivity index (χ1v) is 9.95. The van der Waals surface area contributed by atoms with Crippen molar-refractivity contribution < 1.29 is 17.9 Å². The lowest BCUT2D eigenvalue weighted by atomic mass is 10.1. The van der Waals surface area contributed by atoms with Crippen molar-refractivity contribution in [1.82, 2.24) is 4.72 Å². The lowest BCUT2D eigenvalue weighted by molar-refractivity contribution is -0.117. The van der Waals surface area contributed by atoms with Crippen LogP contribution < -0.4 is 14.4 Å². The number of halogens is 1. The molecule has 138 valence electrons. The second kappa shape index (κ2) is 7.65. The van der Waals surface area contributed by atoms with E-state index in [0.29, 0.717) is 12.3 Å². The van der Waals surface area contributed by atoms with E-state index in [4.69, 9.17) is 16.3 Å². The van der Waals surface area contributed by atoms with Crippen LogP contribution in [-0.4, -0.2) is 34.5 Å². The minimum atomic E-state index is -3.72. The van der Waals surface area contributed by atoms with Gasteiger partial charge < -0.3 is 9.64 Å². The molecule has 0 spiro atoms. The third-order valence-electron chi connectivity index (χ3n) is 4.28. The first kappa shape index (κ1) is 18.7. The van der Waals surface area contributed by atoms with Gasteiger partial charge in [-0.05, 0) is 42.3 Å². The third-order valence-corrected chi connectivity index (χ3v) is 6.20. The van der Waals surface area contributed by atoms with Gasteiger partial charge in [0, 0.05) is 25.2 Å². The van der Waals surface area contributed by atoms with Gasteiger partial charge in [-0.25, -0.2) is 13.1 Å².